The predicted molar refractivity (Wildman–Crippen MR) is 108 cm³/mol. The molecule has 29 heavy (non-hydrogen) atoms. The molecule has 0 bridgehead atoms. The van der Waals surface area contributed by atoms with Crippen LogP contribution in [0.4, 0.5) is 0 Å². The van der Waals surface area contributed by atoms with Crippen molar-refractivity contribution in [2.45, 2.75) is 19.4 Å². The summed E-state index contributed by atoms with van der Waals surface area (Å²) in [7, 11) is 0. The van der Waals surface area contributed by atoms with E-state index in [4.69, 9.17) is 4.74 Å². The molecule has 148 valence electrons. The number of aliphatic hydroxyl groups is 1. The van der Waals surface area contributed by atoms with Crippen LogP contribution in [0.3, 0.4) is 0 Å². The van der Waals surface area contributed by atoms with Crippen LogP contribution in [0.15, 0.2) is 66.1 Å². The molecular formula is C21H20N4O4. The Labute approximate surface area is 166 Å². The SMILES string of the molecule is CC(C)(O)COc1ccc(-c2cn(-c3ccc[n+]([O-])c3)c3nc[nH]c(=O)c23)cc1. The molecule has 0 fully saturated rings. The van der Waals surface area contributed by atoms with Gasteiger partial charge in [-0.2, -0.15) is 4.73 Å². The number of benzene rings is 1. The average Bonchev–Trinajstić information content (AvgIpc) is 3.07. The maximum Gasteiger partial charge on any atom is 0.260 e. The van der Waals surface area contributed by atoms with Gasteiger partial charge in [0.05, 0.1) is 17.3 Å². The van der Waals surface area contributed by atoms with Crippen molar-refractivity contribution in [3.8, 4) is 22.6 Å². The van der Waals surface area contributed by atoms with E-state index in [-0.39, 0.29) is 12.2 Å². The fourth-order valence-electron chi connectivity index (χ4n) is 3.06. The normalized spacial score (nSPS) is 11.7. The van der Waals surface area contributed by atoms with Crippen LogP contribution in [0.5, 0.6) is 5.75 Å². The summed E-state index contributed by atoms with van der Waals surface area (Å²) in [6.07, 6.45) is 5.93. The minimum absolute atomic E-state index is 0.165. The van der Waals surface area contributed by atoms with Gasteiger partial charge in [-0.25, -0.2) is 4.98 Å². The number of pyridine rings is 1. The third kappa shape index (κ3) is 3.83. The molecule has 1 aromatic carbocycles. The quantitative estimate of drug-likeness (QED) is 0.400. The van der Waals surface area contributed by atoms with Crippen LogP contribution in [0, 0.1) is 5.21 Å². The van der Waals surface area contributed by atoms with Crippen molar-refractivity contribution in [3.63, 3.8) is 0 Å². The molecule has 3 aromatic heterocycles. The van der Waals surface area contributed by atoms with Gasteiger partial charge in [0.2, 0.25) is 6.20 Å². The van der Waals surface area contributed by atoms with Gasteiger partial charge in [0, 0.05) is 17.8 Å². The highest BCUT2D eigenvalue weighted by Crippen LogP contribution is 2.30. The lowest BCUT2D eigenvalue weighted by atomic mass is 10.1. The first-order valence-electron chi connectivity index (χ1n) is 9.05. The highest BCUT2D eigenvalue weighted by Gasteiger charge is 2.17. The van der Waals surface area contributed by atoms with Crippen LogP contribution in [0.25, 0.3) is 27.8 Å². The first kappa shape index (κ1) is 18.7. The third-order valence-electron chi connectivity index (χ3n) is 4.38. The minimum atomic E-state index is -0.931. The van der Waals surface area contributed by atoms with Crippen molar-refractivity contribution >= 4 is 11.0 Å². The van der Waals surface area contributed by atoms with E-state index < -0.39 is 5.60 Å². The lowest BCUT2D eigenvalue weighted by molar-refractivity contribution is -0.605. The molecule has 0 aliphatic rings. The number of aromatic amines is 1. The smallest absolute Gasteiger partial charge is 0.260 e. The van der Waals surface area contributed by atoms with E-state index in [1.54, 1.807) is 48.9 Å². The lowest BCUT2D eigenvalue weighted by Crippen LogP contribution is -2.27. The molecule has 0 radical (unpaired) electrons. The molecule has 0 atom stereocenters. The first-order chi connectivity index (χ1) is 13.8. The van der Waals surface area contributed by atoms with E-state index in [0.717, 1.165) is 5.56 Å². The third-order valence-corrected chi connectivity index (χ3v) is 4.38. The molecule has 0 spiro atoms. The van der Waals surface area contributed by atoms with Gasteiger partial charge in [-0.15, -0.1) is 0 Å². The fourth-order valence-corrected chi connectivity index (χ4v) is 3.06. The first-order valence-corrected chi connectivity index (χ1v) is 9.05. The molecule has 4 aromatic rings. The highest BCUT2D eigenvalue weighted by atomic mass is 16.5. The molecule has 8 nitrogen and oxygen atoms in total. The van der Waals surface area contributed by atoms with Gasteiger partial charge >= 0.3 is 0 Å². The van der Waals surface area contributed by atoms with Gasteiger partial charge in [-0.05, 0) is 37.6 Å². The van der Waals surface area contributed by atoms with Gasteiger partial charge in [0.15, 0.2) is 11.8 Å². The topological polar surface area (TPSA) is 107 Å². The Bertz CT molecular complexity index is 1220. The number of fused-ring (bicyclic) bond motifs is 1. The number of nitrogens with one attached hydrogen (secondary N) is 1. The van der Waals surface area contributed by atoms with E-state index >= 15 is 0 Å². The van der Waals surface area contributed by atoms with E-state index in [0.29, 0.717) is 32.8 Å². The number of aromatic nitrogens is 4. The summed E-state index contributed by atoms with van der Waals surface area (Å²) in [5, 5.41) is 21.9. The monoisotopic (exact) mass is 392 g/mol. The molecule has 0 unspecified atom stereocenters. The van der Waals surface area contributed by atoms with E-state index in [1.807, 2.05) is 12.1 Å². The highest BCUT2D eigenvalue weighted by molar-refractivity contribution is 5.94. The molecular weight excluding hydrogens is 372 g/mol. The maximum absolute atomic E-state index is 12.5. The number of hydrogen-bond acceptors (Lipinski definition) is 5. The van der Waals surface area contributed by atoms with Crippen molar-refractivity contribution in [1.29, 1.82) is 0 Å². The van der Waals surface area contributed by atoms with Gasteiger partial charge in [-0.1, -0.05) is 12.1 Å². The Balaban J connectivity index is 1.79. The second kappa shape index (κ2) is 7.06. The summed E-state index contributed by atoms with van der Waals surface area (Å²) < 4.78 is 8.00. The molecule has 2 N–H and O–H groups in total. The van der Waals surface area contributed by atoms with Gasteiger partial charge in [0.1, 0.15) is 18.0 Å². The molecule has 4 rings (SSSR count). The Hall–Kier alpha value is -3.65. The summed E-state index contributed by atoms with van der Waals surface area (Å²) in [5.74, 6) is 0.613. The Morgan fingerprint density at radius 3 is 2.72 bits per heavy atom. The molecule has 0 saturated heterocycles. The van der Waals surface area contributed by atoms with Crippen molar-refractivity contribution in [3.05, 3.63) is 76.9 Å². The van der Waals surface area contributed by atoms with Crippen LogP contribution < -0.4 is 15.0 Å². The molecule has 0 aliphatic carbocycles. The summed E-state index contributed by atoms with van der Waals surface area (Å²) in [6.45, 7) is 3.51. The van der Waals surface area contributed by atoms with Gasteiger partial charge in [0.25, 0.3) is 5.56 Å². The zero-order valence-electron chi connectivity index (χ0n) is 16.0. The zero-order valence-corrected chi connectivity index (χ0v) is 16.0. The van der Waals surface area contributed by atoms with Crippen molar-refractivity contribution < 1.29 is 14.6 Å². The van der Waals surface area contributed by atoms with Gasteiger partial charge < -0.3 is 20.0 Å². The fraction of sp³-hybridized carbons (Fsp3) is 0.190. The Morgan fingerprint density at radius 2 is 2.03 bits per heavy atom. The summed E-state index contributed by atoms with van der Waals surface area (Å²) in [6, 6.07) is 10.6. The van der Waals surface area contributed by atoms with Crippen LogP contribution in [0.2, 0.25) is 0 Å². The average molecular weight is 392 g/mol. The molecule has 8 heteroatoms. The van der Waals surface area contributed by atoms with Gasteiger partial charge in [-0.3, -0.25) is 9.36 Å². The molecule has 0 aliphatic heterocycles. The van der Waals surface area contributed by atoms with E-state index in [1.165, 1.54) is 18.7 Å². The molecule has 0 amide bonds. The zero-order chi connectivity index (χ0) is 20.6. The Morgan fingerprint density at radius 1 is 1.28 bits per heavy atom. The Kier molecular flexibility index (Phi) is 4.56. The van der Waals surface area contributed by atoms with Crippen molar-refractivity contribution in [2.24, 2.45) is 0 Å². The minimum Gasteiger partial charge on any atom is -0.619 e. The van der Waals surface area contributed by atoms with Crippen LogP contribution >= 0.6 is 0 Å². The standard InChI is InChI=1S/C21H20N4O4/c1-21(2,27)12-29-16-7-5-14(6-8-16)17-11-25(15-4-3-9-24(28)10-15)19-18(17)20(26)23-13-22-19/h3-11,13,27H,12H2,1-2H3,(H,22,23,26). The largest absolute Gasteiger partial charge is 0.619 e. The summed E-state index contributed by atoms with van der Waals surface area (Å²) in [5.41, 5.74) is 1.34. The molecule has 0 saturated carbocycles. The van der Waals surface area contributed by atoms with Crippen LogP contribution in [-0.2, 0) is 0 Å². The second-order valence-corrected chi connectivity index (χ2v) is 7.39. The number of nitrogens with zero attached hydrogens (tertiary/aromatic N) is 3. The number of rotatable bonds is 5. The predicted octanol–water partition coefficient (Wildman–Crippen LogP) is 2.16. The van der Waals surface area contributed by atoms with E-state index in [9.17, 15) is 15.1 Å². The van der Waals surface area contributed by atoms with Crippen molar-refractivity contribution in [2.75, 3.05) is 6.61 Å². The lowest BCUT2D eigenvalue weighted by Gasteiger charge is -2.17. The summed E-state index contributed by atoms with van der Waals surface area (Å²) >= 11 is 0. The number of H-pyrrole nitrogens is 1. The number of ether oxygens (including phenoxy) is 1. The van der Waals surface area contributed by atoms with Crippen molar-refractivity contribution in [1.82, 2.24) is 14.5 Å². The van der Waals surface area contributed by atoms with Crippen LogP contribution in [0.1, 0.15) is 13.8 Å². The van der Waals surface area contributed by atoms with E-state index in [2.05, 4.69) is 9.97 Å². The maximum atomic E-state index is 12.5. The summed E-state index contributed by atoms with van der Waals surface area (Å²) in [4.78, 5) is 19.5. The van der Waals surface area contributed by atoms with Crippen LogP contribution in [-0.4, -0.2) is 31.8 Å². The molecule has 3 heterocycles. The second-order valence-electron chi connectivity index (χ2n) is 7.39. The number of hydrogen-bond donors (Lipinski definition) is 2.